The zero-order valence-corrected chi connectivity index (χ0v) is 13.6. The summed E-state index contributed by atoms with van der Waals surface area (Å²) in [6, 6.07) is 4.43. The van der Waals surface area contributed by atoms with Gasteiger partial charge in [-0.3, -0.25) is 14.9 Å². The van der Waals surface area contributed by atoms with Crippen molar-refractivity contribution in [1.29, 1.82) is 0 Å². The van der Waals surface area contributed by atoms with E-state index in [4.69, 9.17) is 4.74 Å². The molecule has 0 spiro atoms. The SMILES string of the molecule is COc1cc(/C=C/C(=O)c2cc(C)sc2C)cc([N+](=O)[O-])c1O. The average Bonchev–Trinajstić information content (AvgIpc) is 2.84. The first-order valence-corrected chi connectivity index (χ1v) is 7.50. The van der Waals surface area contributed by atoms with Crippen LogP contribution in [0.1, 0.15) is 25.7 Å². The van der Waals surface area contributed by atoms with Crippen LogP contribution in [0.15, 0.2) is 24.3 Å². The van der Waals surface area contributed by atoms with Gasteiger partial charge in [0.15, 0.2) is 11.5 Å². The largest absolute Gasteiger partial charge is 0.500 e. The number of benzene rings is 1. The maximum atomic E-state index is 12.2. The quantitative estimate of drug-likeness (QED) is 0.388. The number of methoxy groups -OCH3 is 1. The van der Waals surface area contributed by atoms with E-state index in [1.165, 1.54) is 42.7 Å². The monoisotopic (exact) mass is 333 g/mol. The van der Waals surface area contributed by atoms with Gasteiger partial charge in [-0.2, -0.15) is 0 Å². The van der Waals surface area contributed by atoms with Gasteiger partial charge in [0.1, 0.15) is 0 Å². The van der Waals surface area contributed by atoms with Crippen LogP contribution in [0.4, 0.5) is 5.69 Å². The number of thiophene rings is 1. The third-order valence-electron chi connectivity index (χ3n) is 3.23. The summed E-state index contributed by atoms with van der Waals surface area (Å²) >= 11 is 1.54. The first-order chi connectivity index (χ1) is 10.8. The van der Waals surface area contributed by atoms with Crippen molar-refractivity contribution >= 4 is 28.9 Å². The minimum atomic E-state index is -0.705. The zero-order chi connectivity index (χ0) is 17.1. The molecule has 2 aromatic rings. The summed E-state index contributed by atoms with van der Waals surface area (Å²) in [5.74, 6) is -0.735. The third-order valence-corrected chi connectivity index (χ3v) is 4.19. The van der Waals surface area contributed by atoms with Gasteiger partial charge in [0.2, 0.25) is 5.75 Å². The van der Waals surface area contributed by atoms with E-state index in [9.17, 15) is 20.0 Å². The predicted octanol–water partition coefficient (Wildman–Crippen LogP) is 3.88. The second-order valence-corrected chi connectivity index (χ2v) is 6.33. The number of rotatable bonds is 5. The van der Waals surface area contributed by atoms with Crippen molar-refractivity contribution in [2.75, 3.05) is 7.11 Å². The number of allylic oxidation sites excluding steroid dienone is 1. The lowest BCUT2D eigenvalue weighted by molar-refractivity contribution is -0.386. The van der Waals surface area contributed by atoms with Crippen LogP contribution in [0.25, 0.3) is 6.08 Å². The number of nitro benzene ring substituents is 1. The smallest absolute Gasteiger partial charge is 0.315 e. The molecule has 1 N–H and O–H groups in total. The number of aromatic hydroxyl groups is 1. The molecule has 23 heavy (non-hydrogen) atoms. The third kappa shape index (κ3) is 3.57. The number of ether oxygens (including phenoxy) is 1. The van der Waals surface area contributed by atoms with Crippen LogP contribution in [0.2, 0.25) is 0 Å². The summed E-state index contributed by atoms with van der Waals surface area (Å²) in [5.41, 5.74) is 0.535. The Balaban J connectivity index is 2.36. The molecule has 0 saturated carbocycles. The summed E-state index contributed by atoms with van der Waals surface area (Å²) in [7, 11) is 1.30. The highest BCUT2D eigenvalue weighted by Gasteiger charge is 2.19. The lowest BCUT2D eigenvalue weighted by Crippen LogP contribution is -1.95. The molecule has 7 heteroatoms. The van der Waals surface area contributed by atoms with Gasteiger partial charge < -0.3 is 9.84 Å². The number of hydrogen-bond donors (Lipinski definition) is 1. The van der Waals surface area contributed by atoms with Gasteiger partial charge in [-0.15, -0.1) is 11.3 Å². The van der Waals surface area contributed by atoms with Crippen molar-refractivity contribution in [3.8, 4) is 11.5 Å². The van der Waals surface area contributed by atoms with Crippen LogP contribution in [0.3, 0.4) is 0 Å². The van der Waals surface area contributed by atoms with Crippen LogP contribution in [-0.2, 0) is 0 Å². The molecule has 0 bridgehead atoms. The van der Waals surface area contributed by atoms with Gasteiger partial charge in [-0.25, -0.2) is 0 Å². The van der Waals surface area contributed by atoms with E-state index in [1.807, 2.05) is 19.9 Å². The molecule has 0 radical (unpaired) electrons. The molecular formula is C16H15NO5S. The summed E-state index contributed by atoms with van der Waals surface area (Å²) in [6.07, 6.45) is 2.81. The number of nitrogens with zero attached hydrogens (tertiary/aromatic N) is 1. The Morgan fingerprint density at radius 2 is 2.04 bits per heavy atom. The molecule has 0 aliphatic heterocycles. The van der Waals surface area contributed by atoms with E-state index in [-0.39, 0.29) is 11.5 Å². The fourth-order valence-electron chi connectivity index (χ4n) is 2.14. The molecule has 0 aliphatic rings. The van der Waals surface area contributed by atoms with Crippen molar-refractivity contribution in [3.05, 3.63) is 55.3 Å². The number of phenols is 1. The van der Waals surface area contributed by atoms with Gasteiger partial charge in [0.05, 0.1) is 12.0 Å². The number of carbonyl (C=O) groups excluding carboxylic acids is 1. The summed E-state index contributed by atoms with van der Waals surface area (Å²) in [6.45, 7) is 3.79. The molecule has 0 unspecified atom stereocenters. The van der Waals surface area contributed by atoms with E-state index in [0.717, 1.165) is 9.75 Å². The Kier molecular flexibility index (Phi) is 4.80. The standard InChI is InChI=1S/C16H15NO5S/c1-9-6-12(10(2)23-9)14(18)5-4-11-7-13(17(20)21)16(19)15(8-11)22-3/h4-8,19H,1-3H3/b5-4+. The lowest BCUT2D eigenvalue weighted by Gasteiger charge is -2.05. The summed E-state index contributed by atoms with van der Waals surface area (Å²) < 4.78 is 4.92. The highest BCUT2D eigenvalue weighted by Crippen LogP contribution is 2.37. The number of nitro groups is 1. The van der Waals surface area contributed by atoms with E-state index in [2.05, 4.69) is 0 Å². The molecule has 6 nitrogen and oxygen atoms in total. The molecule has 0 amide bonds. The highest BCUT2D eigenvalue weighted by molar-refractivity contribution is 7.12. The minimum Gasteiger partial charge on any atom is -0.500 e. The molecule has 0 fully saturated rings. The van der Waals surface area contributed by atoms with Gasteiger partial charge >= 0.3 is 5.69 Å². The minimum absolute atomic E-state index is 0.0196. The van der Waals surface area contributed by atoms with Gasteiger partial charge in [-0.1, -0.05) is 6.08 Å². The highest BCUT2D eigenvalue weighted by atomic mass is 32.1. The van der Waals surface area contributed by atoms with Gasteiger partial charge in [-0.05, 0) is 37.6 Å². The Labute approximate surface area is 136 Å². The van der Waals surface area contributed by atoms with Crippen LogP contribution in [0.5, 0.6) is 11.5 Å². The lowest BCUT2D eigenvalue weighted by atomic mass is 10.1. The van der Waals surface area contributed by atoms with Crippen molar-refractivity contribution in [3.63, 3.8) is 0 Å². The second-order valence-electron chi connectivity index (χ2n) is 4.87. The molecule has 1 heterocycles. The van der Waals surface area contributed by atoms with E-state index in [1.54, 1.807) is 0 Å². The molecule has 120 valence electrons. The van der Waals surface area contributed by atoms with Crippen molar-refractivity contribution in [2.45, 2.75) is 13.8 Å². The summed E-state index contributed by atoms with van der Waals surface area (Å²) in [4.78, 5) is 24.4. The van der Waals surface area contributed by atoms with Crippen molar-refractivity contribution in [2.24, 2.45) is 0 Å². The van der Waals surface area contributed by atoms with Crippen LogP contribution >= 0.6 is 11.3 Å². The number of phenolic OH excluding ortho intramolecular Hbond substituents is 1. The molecule has 1 aromatic carbocycles. The number of ketones is 1. The van der Waals surface area contributed by atoms with Gasteiger partial charge in [0.25, 0.3) is 0 Å². The van der Waals surface area contributed by atoms with Crippen LogP contribution in [-0.4, -0.2) is 22.9 Å². The van der Waals surface area contributed by atoms with Gasteiger partial charge in [0, 0.05) is 21.4 Å². The van der Waals surface area contributed by atoms with E-state index in [0.29, 0.717) is 11.1 Å². The first-order valence-electron chi connectivity index (χ1n) is 6.68. The average molecular weight is 333 g/mol. The number of carbonyl (C=O) groups is 1. The molecule has 1 aromatic heterocycles. The Morgan fingerprint density at radius 1 is 1.35 bits per heavy atom. The Bertz CT molecular complexity index is 807. The number of aryl methyl sites for hydroxylation is 2. The maximum absolute atomic E-state index is 12.2. The topological polar surface area (TPSA) is 89.7 Å². The number of hydrogen-bond acceptors (Lipinski definition) is 6. The maximum Gasteiger partial charge on any atom is 0.315 e. The molecule has 0 aliphatic carbocycles. The van der Waals surface area contributed by atoms with Crippen molar-refractivity contribution < 1.29 is 19.6 Å². The van der Waals surface area contributed by atoms with Crippen molar-refractivity contribution in [1.82, 2.24) is 0 Å². The van der Waals surface area contributed by atoms with Crippen LogP contribution in [0, 0.1) is 24.0 Å². The molecule has 0 saturated heterocycles. The Morgan fingerprint density at radius 3 is 2.57 bits per heavy atom. The summed E-state index contributed by atoms with van der Waals surface area (Å²) in [5, 5.41) is 20.7. The molecule has 0 atom stereocenters. The molecular weight excluding hydrogens is 318 g/mol. The molecule has 2 rings (SSSR count). The predicted molar refractivity (Wildman–Crippen MR) is 88.5 cm³/mol. The fourth-order valence-corrected chi connectivity index (χ4v) is 3.07. The second kappa shape index (κ2) is 6.62. The van der Waals surface area contributed by atoms with Crippen LogP contribution < -0.4 is 4.74 Å². The van der Waals surface area contributed by atoms with E-state index < -0.39 is 16.4 Å². The first kappa shape index (κ1) is 16.7. The fraction of sp³-hybridized carbons (Fsp3) is 0.188. The zero-order valence-electron chi connectivity index (χ0n) is 12.8. The van der Waals surface area contributed by atoms with E-state index >= 15 is 0 Å². The Hall–Kier alpha value is -2.67. The normalized spacial score (nSPS) is 10.9.